The molecule has 1 atom stereocenters. The predicted molar refractivity (Wildman–Crippen MR) is 157 cm³/mol. The number of hydrogen-bond donors (Lipinski definition) is 3. The molecule has 3 aromatic heterocycles. The fraction of sp³-hybridized carbons (Fsp3) is 0.467. The Morgan fingerprint density at radius 2 is 2.02 bits per heavy atom. The number of anilines is 1. The number of imidazole rings is 2. The minimum atomic E-state index is -0.490. The average Bonchev–Trinajstić information content (AvgIpc) is 3.58. The molecule has 1 aromatic carbocycles. The smallest absolute Gasteiger partial charge is 0.348 e. The Kier molecular flexibility index (Phi) is 6.43. The van der Waals surface area contributed by atoms with Crippen LogP contribution >= 0.6 is 0 Å². The summed E-state index contributed by atoms with van der Waals surface area (Å²) in [7, 11) is 0. The molecule has 2 aliphatic rings. The van der Waals surface area contributed by atoms with Gasteiger partial charge in [-0.05, 0) is 49.8 Å². The number of hydrogen-bond acceptors (Lipinski definition) is 7. The van der Waals surface area contributed by atoms with Crippen LogP contribution in [0.2, 0.25) is 0 Å². The molecule has 0 amide bonds. The van der Waals surface area contributed by atoms with Gasteiger partial charge in [0, 0.05) is 37.5 Å². The number of fused-ring (bicyclic) bond motifs is 2. The number of nitrogens with zero attached hydrogens (tertiary/aromatic N) is 5. The van der Waals surface area contributed by atoms with E-state index in [-0.39, 0.29) is 17.5 Å². The SMILES string of the molecule is CC(C)N(/C=C1\CCC(n2cnc3c(N)[nH]c(=O)nc32)O1)C1CC(=CCc2nc3ccc(C(C)(C)C)cc3[nH]2)C1. The monoisotopic (exact) mass is 542 g/mol. The largest absolute Gasteiger partial charge is 0.473 e. The van der Waals surface area contributed by atoms with Crippen LogP contribution in [0.5, 0.6) is 0 Å². The van der Waals surface area contributed by atoms with Crippen LogP contribution in [0.15, 0.2) is 52.9 Å². The van der Waals surface area contributed by atoms with E-state index in [1.807, 2.05) is 0 Å². The summed E-state index contributed by atoms with van der Waals surface area (Å²) in [5.74, 6) is 2.17. The third-order valence-electron chi connectivity index (χ3n) is 7.99. The maximum Gasteiger partial charge on any atom is 0.348 e. The molecule has 4 N–H and O–H groups in total. The van der Waals surface area contributed by atoms with Crippen molar-refractivity contribution in [1.82, 2.24) is 34.4 Å². The average molecular weight is 543 g/mol. The number of nitrogen functional groups attached to an aromatic ring is 1. The van der Waals surface area contributed by atoms with Crippen molar-refractivity contribution in [3.05, 3.63) is 70.0 Å². The van der Waals surface area contributed by atoms with Crippen LogP contribution in [0.1, 0.15) is 77.9 Å². The minimum Gasteiger partial charge on any atom is -0.473 e. The molecule has 4 aromatic rings. The summed E-state index contributed by atoms with van der Waals surface area (Å²) in [6, 6.07) is 7.32. The van der Waals surface area contributed by atoms with Gasteiger partial charge in [0.05, 0.1) is 11.0 Å². The summed E-state index contributed by atoms with van der Waals surface area (Å²) in [6.07, 6.45) is 10.4. The van der Waals surface area contributed by atoms with E-state index in [0.717, 1.165) is 54.7 Å². The van der Waals surface area contributed by atoms with Crippen molar-refractivity contribution in [2.75, 3.05) is 5.73 Å². The molecule has 1 aliphatic heterocycles. The maximum absolute atomic E-state index is 11.9. The van der Waals surface area contributed by atoms with E-state index in [1.54, 1.807) is 10.9 Å². The van der Waals surface area contributed by atoms with Crippen molar-refractivity contribution in [1.29, 1.82) is 0 Å². The summed E-state index contributed by atoms with van der Waals surface area (Å²) in [5.41, 5.74) is 11.4. The number of aromatic amines is 2. The first kappa shape index (κ1) is 26.2. The summed E-state index contributed by atoms with van der Waals surface area (Å²) < 4.78 is 8.10. The predicted octanol–water partition coefficient (Wildman–Crippen LogP) is 5.07. The number of rotatable bonds is 6. The molecule has 2 fully saturated rings. The van der Waals surface area contributed by atoms with E-state index < -0.39 is 5.69 Å². The van der Waals surface area contributed by atoms with E-state index in [9.17, 15) is 4.79 Å². The van der Waals surface area contributed by atoms with Crippen LogP contribution in [-0.2, 0) is 16.6 Å². The number of benzene rings is 1. The number of allylic oxidation sites excluding steroid dienone is 2. The number of ether oxygens (including phenoxy) is 1. The standard InChI is InChI=1S/C30H38N8O2/c1-17(2)37(15-21-8-11-25(40-21)38-16-32-26-27(31)35-29(39)36-28(26)38)20-12-18(13-20)6-10-24-33-22-9-7-19(30(3,4)5)14-23(22)34-24/h6-7,9,14-17,20,25H,8,10-13H2,1-5H3,(H,33,34)(H3,31,35,36,39)/b18-6?,21-15+. The van der Waals surface area contributed by atoms with Crippen molar-refractivity contribution in [3.63, 3.8) is 0 Å². The molecule has 6 rings (SSSR count). The van der Waals surface area contributed by atoms with Gasteiger partial charge in [-0.1, -0.05) is 38.5 Å². The highest BCUT2D eigenvalue weighted by molar-refractivity contribution is 5.81. The third kappa shape index (κ3) is 4.98. The van der Waals surface area contributed by atoms with Gasteiger partial charge in [-0.15, -0.1) is 0 Å². The number of aromatic nitrogens is 6. The first-order chi connectivity index (χ1) is 19.0. The quantitative estimate of drug-likeness (QED) is 0.290. The Labute approximate surface area is 233 Å². The number of nitrogens with one attached hydrogen (secondary N) is 2. The normalized spacial score (nSPS) is 20.4. The Morgan fingerprint density at radius 3 is 2.77 bits per heavy atom. The second-order valence-electron chi connectivity index (χ2n) is 12.3. The summed E-state index contributed by atoms with van der Waals surface area (Å²) in [6.45, 7) is 11.1. The van der Waals surface area contributed by atoms with E-state index in [4.69, 9.17) is 15.5 Å². The van der Waals surface area contributed by atoms with Crippen molar-refractivity contribution >= 4 is 28.0 Å². The molecule has 4 heterocycles. The molecule has 10 heteroatoms. The van der Waals surface area contributed by atoms with Gasteiger partial charge in [-0.2, -0.15) is 4.98 Å². The molecule has 40 heavy (non-hydrogen) atoms. The third-order valence-corrected chi connectivity index (χ3v) is 7.99. The van der Waals surface area contributed by atoms with Gasteiger partial charge in [0.25, 0.3) is 0 Å². The lowest BCUT2D eigenvalue weighted by atomic mass is 9.84. The molecule has 1 saturated heterocycles. The van der Waals surface area contributed by atoms with Crippen LogP contribution in [0.3, 0.4) is 0 Å². The van der Waals surface area contributed by atoms with Crippen molar-refractivity contribution in [3.8, 4) is 0 Å². The van der Waals surface area contributed by atoms with E-state index in [0.29, 0.717) is 23.2 Å². The Bertz CT molecular complexity index is 1680. The molecule has 0 bridgehead atoms. The Hall–Kier alpha value is -4.08. The van der Waals surface area contributed by atoms with E-state index in [1.165, 1.54) is 11.1 Å². The molecule has 1 unspecified atom stereocenters. The molecule has 0 radical (unpaired) electrons. The topological polar surface area (TPSA) is 131 Å². The van der Waals surface area contributed by atoms with E-state index in [2.05, 4.69) is 89.9 Å². The van der Waals surface area contributed by atoms with Crippen LogP contribution < -0.4 is 11.4 Å². The molecule has 1 saturated carbocycles. The van der Waals surface area contributed by atoms with Gasteiger partial charge in [-0.3, -0.25) is 9.55 Å². The fourth-order valence-electron chi connectivity index (χ4n) is 5.65. The van der Waals surface area contributed by atoms with Gasteiger partial charge in [0.1, 0.15) is 29.2 Å². The van der Waals surface area contributed by atoms with Crippen LogP contribution in [0.4, 0.5) is 5.82 Å². The van der Waals surface area contributed by atoms with Crippen LogP contribution in [0, 0.1) is 0 Å². The molecule has 10 nitrogen and oxygen atoms in total. The van der Waals surface area contributed by atoms with Gasteiger partial charge in [0.2, 0.25) is 0 Å². The molecule has 0 spiro atoms. The zero-order valence-electron chi connectivity index (χ0n) is 23.9. The Balaban J connectivity index is 1.10. The van der Waals surface area contributed by atoms with E-state index >= 15 is 0 Å². The summed E-state index contributed by atoms with van der Waals surface area (Å²) in [5, 5.41) is 0. The number of nitrogens with two attached hydrogens (primary N) is 1. The lowest BCUT2D eigenvalue weighted by molar-refractivity contribution is 0.0921. The lowest BCUT2D eigenvalue weighted by Crippen LogP contribution is -2.42. The first-order valence-corrected chi connectivity index (χ1v) is 14.1. The molecule has 1 aliphatic carbocycles. The molecular formula is C30H38N8O2. The van der Waals surface area contributed by atoms with Crippen molar-refractivity contribution in [2.45, 2.75) is 90.4 Å². The van der Waals surface area contributed by atoms with Crippen LogP contribution in [0.25, 0.3) is 22.2 Å². The van der Waals surface area contributed by atoms with Crippen molar-refractivity contribution < 1.29 is 4.74 Å². The van der Waals surface area contributed by atoms with Gasteiger partial charge in [0.15, 0.2) is 11.9 Å². The number of H-pyrrole nitrogens is 2. The minimum absolute atomic E-state index is 0.116. The maximum atomic E-state index is 11.9. The second kappa shape index (κ2) is 9.83. The second-order valence-corrected chi connectivity index (χ2v) is 12.3. The summed E-state index contributed by atoms with van der Waals surface area (Å²) in [4.78, 5) is 33.5. The highest BCUT2D eigenvalue weighted by Gasteiger charge is 2.31. The summed E-state index contributed by atoms with van der Waals surface area (Å²) >= 11 is 0. The van der Waals surface area contributed by atoms with Crippen LogP contribution in [-0.4, -0.2) is 46.5 Å². The van der Waals surface area contributed by atoms with Gasteiger partial charge < -0.3 is 20.4 Å². The zero-order valence-corrected chi connectivity index (χ0v) is 23.9. The highest BCUT2D eigenvalue weighted by atomic mass is 16.5. The highest BCUT2D eigenvalue weighted by Crippen LogP contribution is 2.37. The van der Waals surface area contributed by atoms with Gasteiger partial charge in [-0.25, -0.2) is 14.8 Å². The molecule has 210 valence electrons. The van der Waals surface area contributed by atoms with Gasteiger partial charge >= 0.3 is 5.69 Å². The van der Waals surface area contributed by atoms with Crippen molar-refractivity contribution in [2.24, 2.45) is 0 Å². The fourth-order valence-corrected chi connectivity index (χ4v) is 5.65. The molecular weight excluding hydrogens is 504 g/mol. The first-order valence-electron chi connectivity index (χ1n) is 14.1. The Morgan fingerprint density at radius 1 is 1.23 bits per heavy atom. The lowest BCUT2D eigenvalue weighted by Gasteiger charge is -2.41. The zero-order chi connectivity index (χ0) is 28.2.